The summed E-state index contributed by atoms with van der Waals surface area (Å²) < 4.78 is 10.5. The summed E-state index contributed by atoms with van der Waals surface area (Å²) in [6.45, 7) is 5.43. The van der Waals surface area contributed by atoms with Crippen molar-refractivity contribution in [1.82, 2.24) is 10.2 Å². The van der Waals surface area contributed by atoms with Gasteiger partial charge >= 0.3 is 6.09 Å². The molecule has 4 rings (SSSR count). The standard InChI is InChI=1S/C32H40ClN3O5/c1-4-22-9-5-10-23(17-22)29-26(12-6-13-27(29)33)32(39,14-8-15-35-31(38)40-3)25-11-7-16-36(20-25)30(37)28-18-24(19-34)21(2)41-28/h5-6,9-10,12-13,17-18,25,39H,4,7-8,11,14-16,19-20,34H2,1-3H3,(H,35,38)/t25?,32-/m0/s1. The van der Waals surface area contributed by atoms with Crippen LogP contribution in [-0.4, -0.2) is 48.8 Å². The Kier molecular flexibility index (Phi) is 10.1. The number of amides is 2. The molecule has 0 radical (unpaired) electrons. The summed E-state index contributed by atoms with van der Waals surface area (Å²) >= 11 is 6.84. The predicted octanol–water partition coefficient (Wildman–Crippen LogP) is 5.81. The maximum absolute atomic E-state index is 13.5. The van der Waals surface area contributed by atoms with Crippen LogP contribution >= 0.6 is 11.6 Å². The van der Waals surface area contributed by atoms with Crippen LogP contribution in [-0.2, 0) is 23.3 Å². The number of methoxy groups -OCH3 is 1. The highest BCUT2D eigenvalue weighted by Gasteiger charge is 2.43. The van der Waals surface area contributed by atoms with Gasteiger partial charge in [-0.05, 0) is 67.9 Å². The number of nitrogens with one attached hydrogen (secondary N) is 1. The number of alkyl carbamates (subject to hydrolysis) is 1. The highest BCUT2D eigenvalue weighted by molar-refractivity contribution is 6.33. The number of hydrogen-bond acceptors (Lipinski definition) is 6. The molecular weight excluding hydrogens is 542 g/mol. The number of aryl methyl sites for hydroxylation is 2. The summed E-state index contributed by atoms with van der Waals surface area (Å²) in [5, 5.41) is 16.0. The Balaban J connectivity index is 1.71. The lowest BCUT2D eigenvalue weighted by molar-refractivity contribution is -0.0566. The number of ether oxygens (including phenoxy) is 1. The van der Waals surface area contributed by atoms with E-state index in [1.807, 2.05) is 30.3 Å². The van der Waals surface area contributed by atoms with E-state index in [2.05, 4.69) is 24.4 Å². The zero-order valence-electron chi connectivity index (χ0n) is 24.0. The quantitative estimate of drug-likeness (QED) is 0.260. The number of furan rings is 1. The Bertz CT molecular complexity index is 1370. The molecule has 0 aliphatic carbocycles. The number of rotatable bonds is 10. The number of halogens is 1. The lowest BCUT2D eigenvalue weighted by atomic mass is 9.72. The third-order valence-corrected chi connectivity index (χ3v) is 8.44. The molecule has 1 aliphatic heterocycles. The highest BCUT2D eigenvalue weighted by Crippen LogP contribution is 2.45. The van der Waals surface area contributed by atoms with Crippen molar-refractivity contribution < 1.29 is 23.8 Å². The predicted molar refractivity (Wildman–Crippen MR) is 160 cm³/mol. The van der Waals surface area contributed by atoms with Gasteiger partial charge in [-0.25, -0.2) is 4.79 Å². The van der Waals surface area contributed by atoms with Gasteiger partial charge in [0, 0.05) is 48.2 Å². The van der Waals surface area contributed by atoms with E-state index in [-0.39, 0.29) is 17.6 Å². The van der Waals surface area contributed by atoms with Crippen LogP contribution in [0.3, 0.4) is 0 Å². The summed E-state index contributed by atoms with van der Waals surface area (Å²) in [6, 6.07) is 15.5. The lowest BCUT2D eigenvalue weighted by Crippen LogP contribution is -2.48. The van der Waals surface area contributed by atoms with E-state index in [1.54, 1.807) is 17.9 Å². The third kappa shape index (κ3) is 6.77. The molecule has 1 aliphatic rings. The van der Waals surface area contributed by atoms with Gasteiger partial charge in [0.25, 0.3) is 5.91 Å². The molecule has 8 nitrogen and oxygen atoms in total. The van der Waals surface area contributed by atoms with Gasteiger partial charge in [-0.2, -0.15) is 0 Å². The maximum Gasteiger partial charge on any atom is 0.406 e. The molecular formula is C32H40ClN3O5. The minimum absolute atomic E-state index is 0.214. The molecule has 1 aromatic heterocycles. The molecule has 1 saturated heterocycles. The van der Waals surface area contributed by atoms with Crippen LogP contribution in [0.1, 0.15) is 65.6 Å². The number of nitrogens with zero attached hydrogens (tertiary/aromatic N) is 1. The molecule has 0 saturated carbocycles. The van der Waals surface area contributed by atoms with Crippen LogP contribution in [0.4, 0.5) is 4.79 Å². The summed E-state index contributed by atoms with van der Waals surface area (Å²) in [5.74, 6) is 0.398. The summed E-state index contributed by atoms with van der Waals surface area (Å²) in [5.41, 5.74) is 8.87. The van der Waals surface area contributed by atoms with Gasteiger partial charge in [0.1, 0.15) is 5.76 Å². The van der Waals surface area contributed by atoms with E-state index < -0.39 is 11.7 Å². The zero-order valence-corrected chi connectivity index (χ0v) is 24.8. The molecule has 41 heavy (non-hydrogen) atoms. The lowest BCUT2D eigenvalue weighted by Gasteiger charge is -2.43. The fraction of sp³-hybridized carbons (Fsp3) is 0.438. The summed E-state index contributed by atoms with van der Waals surface area (Å²) in [7, 11) is 1.32. The number of aliphatic hydroxyl groups is 1. The van der Waals surface area contributed by atoms with Gasteiger partial charge in [0.05, 0.1) is 12.7 Å². The number of piperidine rings is 1. The van der Waals surface area contributed by atoms with Crippen LogP contribution in [0.2, 0.25) is 5.02 Å². The van der Waals surface area contributed by atoms with Crippen molar-refractivity contribution in [2.75, 3.05) is 26.7 Å². The Morgan fingerprint density at radius 2 is 2.02 bits per heavy atom. The van der Waals surface area contributed by atoms with Gasteiger partial charge in [0.2, 0.25) is 0 Å². The van der Waals surface area contributed by atoms with Crippen molar-refractivity contribution in [3.63, 3.8) is 0 Å². The second-order valence-electron chi connectivity index (χ2n) is 10.6. The molecule has 2 aromatic carbocycles. The van der Waals surface area contributed by atoms with E-state index in [0.717, 1.165) is 41.5 Å². The molecule has 1 unspecified atom stereocenters. The van der Waals surface area contributed by atoms with Crippen molar-refractivity contribution >= 4 is 23.6 Å². The van der Waals surface area contributed by atoms with Gasteiger partial charge in [-0.1, -0.05) is 54.9 Å². The minimum atomic E-state index is -1.33. The topological polar surface area (TPSA) is 118 Å². The first-order valence-corrected chi connectivity index (χ1v) is 14.6. The van der Waals surface area contributed by atoms with E-state index in [4.69, 9.17) is 26.5 Å². The number of likely N-dealkylation sites (tertiary alicyclic amines) is 1. The van der Waals surface area contributed by atoms with E-state index >= 15 is 0 Å². The third-order valence-electron chi connectivity index (χ3n) is 8.13. The summed E-state index contributed by atoms with van der Waals surface area (Å²) in [4.78, 5) is 26.9. The molecule has 2 amide bonds. The minimum Gasteiger partial charge on any atom is -0.456 e. The maximum atomic E-state index is 13.5. The average molecular weight is 582 g/mol. The second-order valence-corrected chi connectivity index (χ2v) is 11.1. The fourth-order valence-electron chi connectivity index (χ4n) is 5.84. The molecule has 0 spiro atoms. The Morgan fingerprint density at radius 3 is 2.73 bits per heavy atom. The van der Waals surface area contributed by atoms with E-state index in [0.29, 0.717) is 49.8 Å². The van der Waals surface area contributed by atoms with E-state index in [1.165, 1.54) is 12.7 Å². The Labute approximate surface area is 246 Å². The zero-order chi connectivity index (χ0) is 29.6. The normalized spacial score (nSPS) is 16.7. The Hall–Kier alpha value is -3.33. The smallest absolute Gasteiger partial charge is 0.406 e. The molecule has 4 N–H and O–H groups in total. The van der Waals surface area contributed by atoms with Gasteiger partial charge in [-0.3, -0.25) is 4.79 Å². The van der Waals surface area contributed by atoms with Crippen molar-refractivity contribution in [1.29, 1.82) is 0 Å². The molecule has 2 atom stereocenters. The van der Waals surface area contributed by atoms with Crippen molar-refractivity contribution in [3.05, 3.63) is 81.8 Å². The number of benzene rings is 2. The largest absolute Gasteiger partial charge is 0.456 e. The molecule has 9 heteroatoms. The number of carbonyl (C=O) groups is 2. The van der Waals surface area contributed by atoms with Gasteiger partial charge < -0.3 is 30.2 Å². The van der Waals surface area contributed by atoms with Crippen LogP contribution in [0.5, 0.6) is 0 Å². The average Bonchev–Trinajstić information content (AvgIpc) is 3.38. The second kappa shape index (κ2) is 13.6. The van der Waals surface area contributed by atoms with Crippen molar-refractivity contribution in [2.24, 2.45) is 11.7 Å². The van der Waals surface area contributed by atoms with Gasteiger partial charge in [0.15, 0.2) is 5.76 Å². The SMILES string of the molecule is CCc1cccc(-c2c(Cl)cccc2[C@](O)(CCCNC(=O)OC)C2CCCN(C(=O)c3cc(CN)c(C)o3)C2)c1. The first-order chi connectivity index (χ1) is 19.7. The first kappa shape index (κ1) is 30.6. The van der Waals surface area contributed by atoms with E-state index in [9.17, 15) is 14.7 Å². The van der Waals surface area contributed by atoms with Crippen LogP contribution < -0.4 is 11.1 Å². The van der Waals surface area contributed by atoms with Crippen LogP contribution in [0.15, 0.2) is 52.9 Å². The number of carbonyl (C=O) groups excluding carboxylic acids is 2. The van der Waals surface area contributed by atoms with Crippen LogP contribution in [0, 0.1) is 12.8 Å². The Morgan fingerprint density at radius 1 is 1.24 bits per heavy atom. The fourth-order valence-corrected chi connectivity index (χ4v) is 6.12. The molecule has 3 aromatic rings. The number of hydrogen-bond donors (Lipinski definition) is 3. The van der Waals surface area contributed by atoms with Crippen LogP contribution in [0.25, 0.3) is 11.1 Å². The monoisotopic (exact) mass is 581 g/mol. The van der Waals surface area contributed by atoms with Gasteiger partial charge in [-0.15, -0.1) is 0 Å². The molecule has 0 bridgehead atoms. The number of nitrogens with two attached hydrogens (primary N) is 1. The molecule has 220 valence electrons. The molecule has 2 heterocycles. The molecule has 1 fully saturated rings. The first-order valence-electron chi connectivity index (χ1n) is 14.2. The van der Waals surface area contributed by atoms with Crippen molar-refractivity contribution in [3.8, 4) is 11.1 Å². The highest BCUT2D eigenvalue weighted by atomic mass is 35.5. The summed E-state index contributed by atoms with van der Waals surface area (Å²) in [6.07, 6.45) is 2.64. The van der Waals surface area contributed by atoms with Crippen molar-refractivity contribution in [2.45, 2.75) is 58.1 Å².